The third kappa shape index (κ3) is 3.62. The van der Waals surface area contributed by atoms with Gasteiger partial charge in [0, 0.05) is 17.8 Å². The number of anilines is 1. The van der Waals surface area contributed by atoms with Crippen LogP contribution in [-0.2, 0) is 0 Å². The number of benzene rings is 2. The highest BCUT2D eigenvalue weighted by Crippen LogP contribution is 2.37. The average molecular weight is 352 g/mol. The lowest BCUT2D eigenvalue weighted by Gasteiger charge is -2.25. The first kappa shape index (κ1) is 16.3. The number of halogens is 1. The van der Waals surface area contributed by atoms with Crippen molar-refractivity contribution in [2.45, 2.75) is 31.6 Å². The molecule has 4 rings (SSSR count). The van der Waals surface area contributed by atoms with Crippen molar-refractivity contribution in [1.29, 1.82) is 0 Å². The maximum absolute atomic E-state index is 6.12. The molecule has 1 N–H and O–H groups in total. The first-order chi connectivity index (χ1) is 12.3. The average Bonchev–Trinajstić information content (AvgIpc) is 3.17. The molecule has 0 saturated heterocycles. The van der Waals surface area contributed by atoms with Gasteiger partial charge >= 0.3 is 0 Å². The van der Waals surface area contributed by atoms with Crippen molar-refractivity contribution in [3.05, 3.63) is 65.4 Å². The Morgan fingerprint density at radius 1 is 0.960 bits per heavy atom. The van der Waals surface area contributed by atoms with Gasteiger partial charge in [0.05, 0.1) is 5.52 Å². The van der Waals surface area contributed by atoms with E-state index in [2.05, 4.69) is 45.6 Å². The van der Waals surface area contributed by atoms with Gasteiger partial charge in [-0.15, -0.1) is 0 Å². The van der Waals surface area contributed by atoms with Crippen molar-refractivity contribution in [1.82, 2.24) is 9.97 Å². The summed E-state index contributed by atoms with van der Waals surface area (Å²) in [6.07, 6.45) is 5.31. The number of para-hydroxylation sites is 1. The number of hydrogen-bond acceptors (Lipinski definition) is 3. The van der Waals surface area contributed by atoms with Gasteiger partial charge in [-0.05, 0) is 48.1 Å². The Hall–Kier alpha value is -2.13. The molecule has 1 aliphatic rings. The van der Waals surface area contributed by atoms with Gasteiger partial charge in [-0.25, -0.2) is 9.97 Å². The van der Waals surface area contributed by atoms with Crippen molar-refractivity contribution >= 4 is 28.3 Å². The second-order valence-corrected chi connectivity index (χ2v) is 7.14. The standard InChI is InChI=1S/C21H22ClN3/c22-21-24-19-13-7-6-12-17(19)20(25-21)23-14-18(16-10-4-5-11-16)15-8-2-1-3-9-15/h1-3,6-9,12-13,16,18H,4-5,10-11,14H2,(H,23,24,25). The van der Waals surface area contributed by atoms with Crippen molar-refractivity contribution in [3.8, 4) is 0 Å². The largest absolute Gasteiger partial charge is 0.369 e. The van der Waals surface area contributed by atoms with Gasteiger partial charge < -0.3 is 5.32 Å². The van der Waals surface area contributed by atoms with Crippen LogP contribution in [0.1, 0.15) is 37.2 Å². The second-order valence-electron chi connectivity index (χ2n) is 6.80. The summed E-state index contributed by atoms with van der Waals surface area (Å²) < 4.78 is 0. The molecule has 0 bridgehead atoms. The van der Waals surface area contributed by atoms with E-state index < -0.39 is 0 Å². The molecule has 2 aromatic carbocycles. The van der Waals surface area contributed by atoms with Crippen LogP contribution in [0.4, 0.5) is 5.82 Å². The fourth-order valence-electron chi connectivity index (χ4n) is 4.01. The van der Waals surface area contributed by atoms with Crippen LogP contribution in [-0.4, -0.2) is 16.5 Å². The molecule has 4 heteroatoms. The van der Waals surface area contributed by atoms with Gasteiger partial charge in [0.2, 0.25) is 5.28 Å². The van der Waals surface area contributed by atoms with E-state index in [1.165, 1.54) is 31.2 Å². The van der Waals surface area contributed by atoms with Crippen LogP contribution in [0.3, 0.4) is 0 Å². The Morgan fingerprint density at radius 3 is 2.48 bits per heavy atom. The first-order valence-electron chi connectivity index (χ1n) is 9.02. The van der Waals surface area contributed by atoms with Crippen LogP contribution in [0.5, 0.6) is 0 Å². The van der Waals surface area contributed by atoms with E-state index >= 15 is 0 Å². The van der Waals surface area contributed by atoms with Crippen molar-refractivity contribution in [3.63, 3.8) is 0 Å². The topological polar surface area (TPSA) is 37.8 Å². The molecule has 1 fully saturated rings. The smallest absolute Gasteiger partial charge is 0.224 e. The molecule has 3 aromatic rings. The zero-order valence-electron chi connectivity index (χ0n) is 14.2. The lowest BCUT2D eigenvalue weighted by Crippen LogP contribution is -2.20. The minimum Gasteiger partial charge on any atom is -0.369 e. The molecule has 0 aliphatic heterocycles. The highest BCUT2D eigenvalue weighted by atomic mass is 35.5. The van der Waals surface area contributed by atoms with Gasteiger partial charge in [-0.3, -0.25) is 0 Å². The molecule has 0 spiro atoms. The summed E-state index contributed by atoms with van der Waals surface area (Å²) in [6.45, 7) is 0.867. The molecule has 25 heavy (non-hydrogen) atoms. The number of nitrogens with one attached hydrogen (secondary N) is 1. The Bertz CT molecular complexity index is 844. The van der Waals surface area contributed by atoms with Crippen LogP contribution < -0.4 is 5.32 Å². The number of rotatable bonds is 5. The summed E-state index contributed by atoms with van der Waals surface area (Å²) in [7, 11) is 0. The number of nitrogens with zero attached hydrogens (tertiary/aromatic N) is 2. The minimum atomic E-state index is 0.290. The molecule has 1 saturated carbocycles. The summed E-state index contributed by atoms with van der Waals surface area (Å²) in [5, 5.41) is 4.88. The van der Waals surface area contributed by atoms with Crippen molar-refractivity contribution < 1.29 is 0 Å². The second kappa shape index (κ2) is 7.40. The summed E-state index contributed by atoms with van der Waals surface area (Å²) >= 11 is 6.12. The Labute approximate surface area is 153 Å². The molecule has 1 aromatic heterocycles. The SMILES string of the molecule is Clc1nc(NCC(c2ccccc2)C2CCCC2)c2ccccc2n1. The van der Waals surface area contributed by atoms with Crippen LogP contribution in [0.2, 0.25) is 5.28 Å². The van der Waals surface area contributed by atoms with E-state index in [0.29, 0.717) is 11.2 Å². The molecule has 128 valence electrons. The lowest BCUT2D eigenvalue weighted by molar-refractivity contribution is 0.448. The molecule has 1 aliphatic carbocycles. The molecule has 1 atom stereocenters. The molecule has 1 unspecified atom stereocenters. The number of aromatic nitrogens is 2. The highest BCUT2D eigenvalue weighted by Gasteiger charge is 2.26. The molecule has 1 heterocycles. The zero-order valence-corrected chi connectivity index (χ0v) is 14.9. The first-order valence-corrected chi connectivity index (χ1v) is 9.40. The highest BCUT2D eigenvalue weighted by molar-refractivity contribution is 6.28. The number of hydrogen-bond donors (Lipinski definition) is 1. The molecular weight excluding hydrogens is 330 g/mol. The monoisotopic (exact) mass is 351 g/mol. The van der Waals surface area contributed by atoms with Crippen LogP contribution >= 0.6 is 11.6 Å². The third-order valence-corrected chi connectivity index (χ3v) is 5.43. The molecule has 3 nitrogen and oxygen atoms in total. The Balaban J connectivity index is 1.61. The van der Waals surface area contributed by atoms with Gasteiger partial charge in [-0.1, -0.05) is 55.3 Å². The predicted molar refractivity (Wildman–Crippen MR) is 104 cm³/mol. The summed E-state index contributed by atoms with van der Waals surface area (Å²) in [6, 6.07) is 18.8. The number of fused-ring (bicyclic) bond motifs is 1. The van der Waals surface area contributed by atoms with Crippen LogP contribution in [0.15, 0.2) is 54.6 Å². The van der Waals surface area contributed by atoms with E-state index in [9.17, 15) is 0 Å². The molecule has 0 amide bonds. The summed E-state index contributed by atoms with van der Waals surface area (Å²) in [5.41, 5.74) is 2.29. The van der Waals surface area contributed by atoms with Gasteiger partial charge in [0.1, 0.15) is 5.82 Å². The zero-order chi connectivity index (χ0) is 17.1. The van der Waals surface area contributed by atoms with Gasteiger partial charge in [0.15, 0.2) is 0 Å². The maximum atomic E-state index is 6.12. The Kier molecular flexibility index (Phi) is 4.84. The van der Waals surface area contributed by atoms with E-state index in [4.69, 9.17) is 11.6 Å². The van der Waals surface area contributed by atoms with Crippen LogP contribution in [0.25, 0.3) is 10.9 Å². The fourth-order valence-corrected chi connectivity index (χ4v) is 4.18. The normalized spacial score (nSPS) is 16.2. The molecular formula is C21H22ClN3. The van der Waals surface area contributed by atoms with E-state index in [-0.39, 0.29) is 0 Å². The van der Waals surface area contributed by atoms with Gasteiger partial charge in [0.25, 0.3) is 0 Å². The van der Waals surface area contributed by atoms with Gasteiger partial charge in [-0.2, -0.15) is 0 Å². The summed E-state index contributed by atoms with van der Waals surface area (Å²) in [4.78, 5) is 8.75. The van der Waals surface area contributed by atoms with E-state index in [1.807, 2.05) is 24.3 Å². The van der Waals surface area contributed by atoms with Crippen molar-refractivity contribution in [2.24, 2.45) is 5.92 Å². The quantitative estimate of drug-likeness (QED) is 0.602. The van der Waals surface area contributed by atoms with Crippen molar-refractivity contribution in [2.75, 3.05) is 11.9 Å². The lowest BCUT2D eigenvalue weighted by atomic mass is 9.85. The van der Waals surface area contributed by atoms with E-state index in [0.717, 1.165) is 29.2 Å². The molecule has 0 radical (unpaired) electrons. The maximum Gasteiger partial charge on any atom is 0.224 e. The Morgan fingerprint density at radius 2 is 1.68 bits per heavy atom. The fraction of sp³-hybridized carbons (Fsp3) is 0.333. The minimum absolute atomic E-state index is 0.290. The van der Waals surface area contributed by atoms with E-state index in [1.54, 1.807) is 0 Å². The van der Waals surface area contributed by atoms with Crippen LogP contribution in [0, 0.1) is 5.92 Å². The summed E-state index contributed by atoms with van der Waals surface area (Å²) in [5.74, 6) is 2.06. The third-order valence-electron chi connectivity index (χ3n) is 5.26. The predicted octanol–water partition coefficient (Wildman–Crippen LogP) is 5.67.